The largest absolute Gasteiger partial charge is 0.396 e. The van der Waals surface area contributed by atoms with Gasteiger partial charge in [-0.2, -0.15) is 0 Å². The smallest absolute Gasteiger partial charge is 0.229 e. The standard InChI is InChI=1S/C17H24N2O2/c20-11-13-6-2-1-5-12(13)9-19-17(21)15-10-18-16-8-4-3-7-14(15)16/h3-4,7-8,12-13,15,18,20H,1-2,5-6,9-11H2,(H,19,21). The first-order valence-corrected chi connectivity index (χ1v) is 8.01. The summed E-state index contributed by atoms with van der Waals surface area (Å²) in [6.45, 7) is 1.62. The van der Waals surface area contributed by atoms with E-state index in [1.54, 1.807) is 0 Å². The van der Waals surface area contributed by atoms with Gasteiger partial charge in [0.05, 0.1) is 5.92 Å². The molecule has 1 saturated carbocycles. The van der Waals surface area contributed by atoms with Crippen LogP contribution in [0.15, 0.2) is 24.3 Å². The van der Waals surface area contributed by atoms with Gasteiger partial charge in [0.15, 0.2) is 0 Å². The lowest BCUT2D eigenvalue weighted by molar-refractivity contribution is -0.122. The van der Waals surface area contributed by atoms with Crippen molar-refractivity contribution < 1.29 is 9.90 Å². The predicted molar refractivity (Wildman–Crippen MR) is 83.2 cm³/mol. The molecule has 1 aliphatic heterocycles. The number of rotatable bonds is 4. The Morgan fingerprint density at radius 1 is 1.24 bits per heavy atom. The summed E-state index contributed by atoms with van der Waals surface area (Å²) in [4.78, 5) is 12.4. The Morgan fingerprint density at radius 3 is 2.81 bits per heavy atom. The second-order valence-corrected chi connectivity index (χ2v) is 6.25. The van der Waals surface area contributed by atoms with Crippen LogP contribution in [0.1, 0.15) is 37.2 Å². The average molecular weight is 288 g/mol. The van der Waals surface area contributed by atoms with E-state index in [0.29, 0.717) is 24.9 Å². The van der Waals surface area contributed by atoms with Gasteiger partial charge in [-0.25, -0.2) is 0 Å². The molecule has 3 rings (SSSR count). The summed E-state index contributed by atoms with van der Waals surface area (Å²) in [7, 11) is 0. The van der Waals surface area contributed by atoms with E-state index in [2.05, 4.69) is 10.6 Å². The fourth-order valence-corrected chi connectivity index (χ4v) is 3.67. The molecule has 0 spiro atoms. The van der Waals surface area contributed by atoms with Crippen LogP contribution in [0.2, 0.25) is 0 Å². The Bertz CT molecular complexity index is 503. The Morgan fingerprint density at radius 2 is 2.00 bits per heavy atom. The molecule has 1 amide bonds. The summed E-state index contributed by atoms with van der Waals surface area (Å²) in [5, 5.41) is 15.8. The molecule has 1 aliphatic carbocycles. The van der Waals surface area contributed by atoms with Gasteiger partial charge in [0, 0.05) is 25.4 Å². The van der Waals surface area contributed by atoms with Crippen molar-refractivity contribution in [1.82, 2.24) is 5.32 Å². The van der Waals surface area contributed by atoms with Crippen molar-refractivity contribution in [3.05, 3.63) is 29.8 Å². The first kappa shape index (κ1) is 14.4. The van der Waals surface area contributed by atoms with Crippen LogP contribution in [0.5, 0.6) is 0 Å². The van der Waals surface area contributed by atoms with Crippen molar-refractivity contribution in [2.24, 2.45) is 11.8 Å². The van der Waals surface area contributed by atoms with Gasteiger partial charge >= 0.3 is 0 Å². The Balaban J connectivity index is 1.57. The third-order valence-electron chi connectivity index (χ3n) is 4.99. The van der Waals surface area contributed by atoms with Gasteiger partial charge in [-0.1, -0.05) is 31.0 Å². The number of fused-ring (bicyclic) bond motifs is 1. The van der Waals surface area contributed by atoms with E-state index in [4.69, 9.17) is 0 Å². The van der Waals surface area contributed by atoms with Gasteiger partial charge in [0.25, 0.3) is 0 Å². The number of anilines is 1. The molecule has 4 nitrogen and oxygen atoms in total. The third-order valence-corrected chi connectivity index (χ3v) is 4.99. The maximum atomic E-state index is 12.4. The first-order valence-electron chi connectivity index (χ1n) is 8.01. The van der Waals surface area contributed by atoms with Crippen LogP contribution < -0.4 is 10.6 Å². The molecule has 1 fully saturated rings. The third kappa shape index (κ3) is 3.05. The number of carbonyl (C=O) groups excluding carboxylic acids is 1. The SMILES string of the molecule is O=C(NCC1CCCCC1CO)C1CNc2ccccc21. The number of aliphatic hydroxyl groups is 1. The minimum Gasteiger partial charge on any atom is -0.396 e. The Hall–Kier alpha value is -1.55. The van der Waals surface area contributed by atoms with Crippen molar-refractivity contribution in [2.45, 2.75) is 31.6 Å². The molecule has 2 aliphatic rings. The number of hydrogen-bond acceptors (Lipinski definition) is 3. The summed E-state index contributed by atoms with van der Waals surface area (Å²) >= 11 is 0. The zero-order valence-corrected chi connectivity index (χ0v) is 12.3. The molecule has 3 N–H and O–H groups in total. The minimum absolute atomic E-state index is 0.0858. The van der Waals surface area contributed by atoms with Gasteiger partial charge in [0.1, 0.15) is 0 Å². The number of aliphatic hydroxyl groups excluding tert-OH is 1. The predicted octanol–water partition coefficient (Wildman–Crippen LogP) is 2.11. The molecular formula is C17H24N2O2. The summed E-state index contributed by atoms with van der Waals surface area (Å²) in [5.41, 5.74) is 2.17. The normalized spacial score (nSPS) is 27.8. The van der Waals surface area contributed by atoms with Crippen LogP contribution >= 0.6 is 0 Å². The van der Waals surface area contributed by atoms with Crippen molar-refractivity contribution in [1.29, 1.82) is 0 Å². The van der Waals surface area contributed by atoms with E-state index < -0.39 is 0 Å². The molecule has 1 aromatic rings. The maximum absolute atomic E-state index is 12.4. The number of carbonyl (C=O) groups is 1. The monoisotopic (exact) mass is 288 g/mol. The summed E-state index contributed by atoms with van der Waals surface area (Å²) in [5.74, 6) is 0.803. The highest BCUT2D eigenvalue weighted by Crippen LogP contribution is 2.32. The summed E-state index contributed by atoms with van der Waals surface area (Å²) in [6, 6.07) is 8.01. The van der Waals surface area contributed by atoms with Gasteiger partial charge < -0.3 is 15.7 Å². The highest BCUT2D eigenvalue weighted by atomic mass is 16.3. The molecule has 0 saturated heterocycles. The van der Waals surface area contributed by atoms with Crippen LogP contribution in [0.3, 0.4) is 0 Å². The Kier molecular flexibility index (Phi) is 4.44. The highest BCUT2D eigenvalue weighted by Gasteiger charge is 2.30. The molecule has 4 heteroatoms. The second-order valence-electron chi connectivity index (χ2n) is 6.25. The number of para-hydroxylation sites is 1. The fraction of sp³-hybridized carbons (Fsp3) is 0.588. The van der Waals surface area contributed by atoms with E-state index in [0.717, 1.165) is 24.1 Å². The first-order chi connectivity index (χ1) is 10.3. The summed E-state index contributed by atoms with van der Waals surface area (Å²) < 4.78 is 0. The Labute approximate surface area is 125 Å². The second kappa shape index (κ2) is 6.48. The van der Waals surface area contributed by atoms with Crippen molar-refractivity contribution in [2.75, 3.05) is 25.0 Å². The summed E-state index contributed by atoms with van der Waals surface area (Å²) in [6.07, 6.45) is 4.62. The molecule has 114 valence electrons. The lowest BCUT2D eigenvalue weighted by Crippen LogP contribution is -2.38. The zero-order chi connectivity index (χ0) is 14.7. The molecule has 0 aromatic heterocycles. The maximum Gasteiger partial charge on any atom is 0.229 e. The van der Waals surface area contributed by atoms with Crippen molar-refractivity contribution >= 4 is 11.6 Å². The molecule has 0 bridgehead atoms. The lowest BCUT2D eigenvalue weighted by Gasteiger charge is -2.30. The van der Waals surface area contributed by atoms with Crippen LogP contribution in [0, 0.1) is 11.8 Å². The van der Waals surface area contributed by atoms with E-state index in [-0.39, 0.29) is 18.4 Å². The molecular weight excluding hydrogens is 264 g/mol. The van der Waals surface area contributed by atoms with Crippen LogP contribution in [0.25, 0.3) is 0 Å². The topological polar surface area (TPSA) is 61.4 Å². The number of nitrogens with one attached hydrogen (secondary N) is 2. The minimum atomic E-state index is -0.0858. The molecule has 0 radical (unpaired) electrons. The quantitative estimate of drug-likeness (QED) is 0.795. The number of hydrogen-bond donors (Lipinski definition) is 3. The number of benzene rings is 1. The fourth-order valence-electron chi connectivity index (χ4n) is 3.67. The van der Waals surface area contributed by atoms with E-state index in [9.17, 15) is 9.90 Å². The molecule has 1 heterocycles. The van der Waals surface area contributed by atoms with E-state index in [1.807, 2.05) is 24.3 Å². The van der Waals surface area contributed by atoms with Crippen molar-refractivity contribution in [3.8, 4) is 0 Å². The highest BCUT2D eigenvalue weighted by molar-refractivity contribution is 5.88. The van der Waals surface area contributed by atoms with Gasteiger partial charge in [-0.3, -0.25) is 4.79 Å². The number of amides is 1. The van der Waals surface area contributed by atoms with Gasteiger partial charge in [-0.05, 0) is 36.3 Å². The van der Waals surface area contributed by atoms with Crippen LogP contribution in [0.4, 0.5) is 5.69 Å². The zero-order valence-electron chi connectivity index (χ0n) is 12.3. The molecule has 21 heavy (non-hydrogen) atoms. The average Bonchev–Trinajstić information content (AvgIpc) is 2.97. The molecule has 3 atom stereocenters. The van der Waals surface area contributed by atoms with Crippen molar-refractivity contribution in [3.63, 3.8) is 0 Å². The van der Waals surface area contributed by atoms with E-state index >= 15 is 0 Å². The lowest BCUT2D eigenvalue weighted by atomic mass is 9.79. The molecule has 3 unspecified atom stereocenters. The van der Waals surface area contributed by atoms with E-state index in [1.165, 1.54) is 12.8 Å². The molecule has 1 aromatic carbocycles. The van der Waals surface area contributed by atoms with Gasteiger partial charge in [0.2, 0.25) is 5.91 Å². The van der Waals surface area contributed by atoms with Gasteiger partial charge in [-0.15, -0.1) is 0 Å². The van der Waals surface area contributed by atoms with Crippen LogP contribution in [-0.4, -0.2) is 30.7 Å². The van der Waals surface area contributed by atoms with Crippen LogP contribution in [-0.2, 0) is 4.79 Å².